The molecule has 0 aliphatic carbocycles. The van der Waals surface area contributed by atoms with Gasteiger partial charge in [0.05, 0.1) is 18.9 Å². The van der Waals surface area contributed by atoms with E-state index in [2.05, 4.69) is 25.2 Å². The van der Waals surface area contributed by atoms with Gasteiger partial charge >= 0.3 is 0 Å². The third kappa shape index (κ3) is 2.99. The van der Waals surface area contributed by atoms with Gasteiger partial charge in [-0.3, -0.25) is 0 Å². The molecule has 0 radical (unpaired) electrons. The van der Waals surface area contributed by atoms with Crippen molar-refractivity contribution in [2.24, 2.45) is 0 Å². The minimum Gasteiger partial charge on any atom is -0.493 e. The van der Waals surface area contributed by atoms with Crippen molar-refractivity contribution in [3.63, 3.8) is 0 Å². The van der Waals surface area contributed by atoms with Crippen LogP contribution in [0, 0.1) is 6.92 Å². The summed E-state index contributed by atoms with van der Waals surface area (Å²) in [5.74, 6) is 1.86. The molecule has 19 heavy (non-hydrogen) atoms. The van der Waals surface area contributed by atoms with Crippen molar-refractivity contribution >= 4 is 0 Å². The molecule has 2 aromatic rings. The summed E-state index contributed by atoms with van der Waals surface area (Å²) in [6.07, 6.45) is 2.73. The van der Waals surface area contributed by atoms with Gasteiger partial charge in [-0.05, 0) is 38.1 Å². The zero-order valence-electron chi connectivity index (χ0n) is 11.8. The molecular formula is C16H21NO2. The first kappa shape index (κ1) is 13.7. The van der Waals surface area contributed by atoms with Crippen molar-refractivity contribution in [1.82, 2.24) is 5.32 Å². The molecule has 0 fully saturated rings. The maximum atomic E-state index is 5.83. The van der Waals surface area contributed by atoms with Gasteiger partial charge in [0, 0.05) is 5.56 Å². The third-order valence-electron chi connectivity index (χ3n) is 3.14. The smallest absolute Gasteiger partial charge is 0.128 e. The fourth-order valence-electron chi connectivity index (χ4n) is 2.17. The Hall–Kier alpha value is -1.74. The highest BCUT2D eigenvalue weighted by Gasteiger charge is 2.20. The van der Waals surface area contributed by atoms with Crippen LogP contribution in [-0.4, -0.2) is 13.7 Å². The molecule has 1 N–H and O–H groups in total. The molecule has 1 unspecified atom stereocenters. The number of nitrogens with one attached hydrogen (secondary N) is 1. The van der Waals surface area contributed by atoms with E-state index in [1.807, 2.05) is 31.3 Å². The number of aryl methyl sites for hydroxylation is 1. The normalized spacial score (nSPS) is 12.4. The number of ether oxygens (including phenoxy) is 1. The maximum Gasteiger partial charge on any atom is 0.128 e. The van der Waals surface area contributed by atoms with Gasteiger partial charge in [-0.1, -0.05) is 25.1 Å². The molecule has 1 atom stereocenters. The summed E-state index contributed by atoms with van der Waals surface area (Å²) in [6.45, 7) is 4.89. The average molecular weight is 259 g/mol. The van der Waals surface area contributed by atoms with E-state index in [4.69, 9.17) is 9.15 Å². The maximum absolute atomic E-state index is 5.83. The Bertz CT molecular complexity index is 519. The number of para-hydroxylation sites is 1. The Morgan fingerprint density at radius 1 is 1.26 bits per heavy atom. The first-order valence-electron chi connectivity index (χ1n) is 6.71. The topological polar surface area (TPSA) is 34.4 Å². The summed E-state index contributed by atoms with van der Waals surface area (Å²) in [6, 6.07) is 10.1. The molecule has 2 rings (SSSR count). The van der Waals surface area contributed by atoms with E-state index >= 15 is 0 Å². The lowest BCUT2D eigenvalue weighted by atomic mass is 10.0. The monoisotopic (exact) mass is 259 g/mol. The molecule has 0 spiro atoms. The van der Waals surface area contributed by atoms with Crippen LogP contribution in [-0.2, 0) is 0 Å². The molecule has 0 bridgehead atoms. The second-order valence-electron chi connectivity index (χ2n) is 4.58. The molecular weight excluding hydrogens is 238 g/mol. The summed E-state index contributed by atoms with van der Waals surface area (Å²) in [5, 5.41) is 3.30. The van der Waals surface area contributed by atoms with Crippen LogP contribution < -0.4 is 10.1 Å². The third-order valence-corrected chi connectivity index (χ3v) is 3.14. The number of hydrogen-bond donors (Lipinski definition) is 1. The number of hydrogen-bond acceptors (Lipinski definition) is 3. The van der Waals surface area contributed by atoms with Crippen molar-refractivity contribution in [3.05, 3.63) is 53.5 Å². The lowest BCUT2D eigenvalue weighted by Gasteiger charge is -2.19. The van der Waals surface area contributed by atoms with Crippen molar-refractivity contribution < 1.29 is 9.15 Å². The summed E-state index contributed by atoms with van der Waals surface area (Å²) < 4.78 is 11.4. The van der Waals surface area contributed by atoms with Gasteiger partial charge in [0.2, 0.25) is 0 Å². The van der Waals surface area contributed by atoms with E-state index in [0.29, 0.717) is 0 Å². The van der Waals surface area contributed by atoms with Crippen LogP contribution in [0.15, 0.2) is 41.0 Å². The molecule has 3 heteroatoms. The van der Waals surface area contributed by atoms with Crippen LogP contribution in [0.5, 0.6) is 5.75 Å². The summed E-state index contributed by atoms with van der Waals surface area (Å²) in [7, 11) is 1.93. The van der Waals surface area contributed by atoms with Gasteiger partial charge in [0.25, 0.3) is 0 Å². The highest BCUT2D eigenvalue weighted by molar-refractivity contribution is 5.40. The second kappa shape index (κ2) is 6.43. The van der Waals surface area contributed by atoms with E-state index in [-0.39, 0.29) is 6.04 Å². The standard InChI is InChI=1S/C16H21NO2/c1-4-10-18-14-8-6-5-7-13(14)15(17-3)16-12(2)9-11-19-16/h5-9,11,15,17H,4,10H2,1-3H3. The Labute approximate surface area is 114 Å². The summed E-state index contributed by atoms with van der Waals surface area (Å²) >= 11 is 0. The van der Waals surface area contributed by atoms with Crippen LogP contribution >= 0.6 is 0 Å². The molecule has 0 aliphatic heterocycles. The molecule has 0 saturated heterocycles. The van der Waals surface area contributed by atoms with E-state index < -0.39 is 0 Å². The van der Waals surface area contributed by atoms with Crippen LogP contribution in [0.1, 0.15) is 36.3 Å². The molecule has 0 amide bonds. The van der Waals surface area contributed by atoms with Crippen molar-refractivity contribution in [1.29, 1.82) is 0 Å². The minimum atomic E-state index is 0.0167. The molecule has 102 valence electrons. The van der Waals surface area contributed by atoms with Gasteiger partial charge in [-0.25, -0.2) is 0 Å². The Morgan fingerprint density at radius 2 is 2.05 bits per heavy atom. The van der Waals surface area contributed by atoms with E-state index in [0.717, 1.165) is 35.7 Å². The SMILES string of the molecule is CCCOc1ccccc1C(NC)c1occc1C. The lowest BCUT2D eigenvalue weighted by molar-refractivity contribution is 0.310. The van der Waals surface area contributed by atoms with Crippen LogP contribution in [0.25, 0.3) is 0 Å². The number of benzene rings is 1. The number of furan rings is 1. The Kier molecular flexibility index (Phi) is 4.63. The Morgan fingerprint density at radius 3 is 2.68 bits per heavy atom. The minimum absolute atomic E-state index is 0.0167. The zero-order chi connectivity index (χ0) is 13.7. The highest BCUT2D eigenvalue weighted by Crippen LogP contribution is 2.31. The largest absolute Gasteiger partial charge is 0.493 e. The van der Waals surface area contributed by atoms with Crippen molar-refractivity contribution in [2.75, 3.05) is 13.7 Å². The highest BCUT2D eigenvalue weighted by atomic mass is 16.5. The van der Waals surface area contributed by atoms with Crippen LogP contribution in [0.2, 0.25) is 0 Å². The van der Waals surface area contributed by atoms with Crippen molar-refractivity contribution in [2.45, 2.75) is 26.3 Å². The molecule has 1 heterocycles. The second-order valence-corrected chi connectivity index (χ2v) is 4.58. The van der Waals surface area contributed by atoms with E-state index in [1.165, 1.54) is 0 Å². The van der Waals surface area contributed by atoms with Crippen LogP contribution in [0.3, 0.4) is 0 Å². The molecule has 1 aromatic carbocycles. The molecule has 0 saturated carbocycles. The van der Waals surface area contributed by atoms with Crippen LogP contribution in [0.4, 0.5) is 0 Å². The first-order valence-corrected chi connectivity index (χ1v) is 6.71. The Balaban J connectivity index is 2.35. The molecule has 0 aliphatic rings. The molecule has 3 nitrogen and oxygen atoms in total. The quantitative estimate of drug-likeness (QED) is 0.859. The predicted molar refractivity (Wildman–Crippen MR) is 76.6 cm³/mol. The van der Waals surface area contributed by atoms with E-state index in [1.54, 1.807) is 6.26 Å². The predicted octanol–water partition coefficient (Wildman–Crippen LogP) is 3.69. The van der Waals surface area contributed by atoms with Gasteiger partial charge in [0.15, 0.2) is 0 Å². The first-order chi connectivity index (χ1) is 9.27. The molecule has 1 aromatic heterocycles. The fraction of sp³-hybridized carbons (Fsp3) is 0.375. The lowest BCUT2D eigenvalue weighted by Crippen LogP contribution is -2.19. The average Bonchev–Trinajstić information content (AvgIpc) is 2.85. The summed E-state index contributed by atoms with van der Waals surface area (Å²) in [4.78, 5) is 0. The van der Waals surface area contributed by atoms with Gasteiger partial charge < -0.3 is 14.5 Å². The van der Waals surface area contributed by atoms with Gasteiger partial charge in [-0.15, -0.1) is 0 Å². The summed E-state index contributed by atoms with van der Waals surface area (Å²) in [5.41, 5.74) is 2.25. The van der Waals surface area contributed by atoms with Crippen molar-refractivity contribution in [3.8, 4) is 5.75 Å². The fourth-order valence-corrected chi connectivity index (χ4v) is 2.17. The van der Waals surface area contributed by atoms with E-state index in [9.17, 15) is 0 Å². The zero-order valence-corrected chi connectivity index (χ0v) is 11.8. The number of rotatable bonds is 6. The van der Waals surface area contributed by atoms with Gasteiger partial charge in [0.1, 0.15) is 11.5 Å². The van der Waals surface area contributed by atoms with Gasteiger partial charge in [-0.2, -0.15) is 0 Å².